The molecule has 3 aromatic rings. The van der Waals surface area contributed by atoms with Crippen LogP contribution in [0.2, 0.25) is 5.02 Å². The van der Waals surface area contributed by atoms with Crippen molar-refractivity contribution in [1.82, 2.24) is 4.90 Å². The van der Waals surface area contributed by atoms with Crippen molar-refractivity contribution < 1.29 is 23.1 Å². The second kappa shape index (κ2) is 8.92. The number of aryl methyl sites for hydroxylation is 1. The predicted molar refractivity (Wildman–Crippen MR) is 126 cm³/mol. The molecule has 1 amide bonds. The highest BCUT2D eigenvalue weighted by Gasteiger charge is 2.47. The molecule has 0 bridgehead atoms. The number of hydrogen-bond donors (Lipinski definition) is 1. The van der Waals surface area contributed by atoms with Crippen molar-refractivity contribution in [1.29, 1.82) is 0 Å². The highest BCUT2D eigenvalue weighted by Crippen LogP contribution is 2.44. The number of sulfone groups is 1. The number of amides is 1. The van der Waals surface area contributed by atoms with Crippen LogP contribution in [0.3, 0.4) is 0 Å². The molecule has 170 valence electrons. The molecule has 0 saturated heterocycles. The molecular formula is C25H22ClNO5S. The van der Waals surface area contributed by atoms with Crippen LogP contribution >= 0.6 is 11.6 Å². The molecule has 1 atom stereocenters. The Morgan fingerprint density at radius 2 is 1.64 bits per heavy atom. The molecule has 0 saturated carbocycles. The van der Waals surface area contributed by atoms with Crippen LogP contribution in [0.25, 0.3) is 0 Å². The number of carbonyl (C=O) groups is 1. The van der Waals surface area contributed by atoms with Crippen LogP contribution in [0.4, 0.5) is 0 Å². The molecule has 8 heteroatoms. The number of para-hydroxylation sites is 1. The lowest BCUT2D eigenvalue weighted by Gasteiger charge is -2.27. The maximum atomic E-state index is 13.6. The maximum Gasteiger partial charge on any atom is 0.290 e. The van der Waals surface area contributed by atoms with Crippen LogP contribution in [0, 0.1) is 6.92 Å². The molecule has 3 aromatic carbocycles. The van der Waals surface area contributed by atoms with Crippen molar-refractivity contribution >= 4 is 27.3 Å². The number of aliphatic hydroxyl groups excluding tert-OH is 1. The van der Waals surface area contributed by atoms with Crippen molar-refractivity contribution in [2.45, 2.75) is 24.4 Å². The minimum absolute atomic E-state index is 0.000514. The SMILES string of the molecule is COc1ccccc1CN1C(=O)C(O)=C(S(=O)(=O)c2ccc(C)cc2)[C@@H]1c1ccc(Cl)cc1. The van der Waals surface area contributed by atoms with E-state index in [0.29, 0.717) is 21.9 Å². The zero-order chi connectivity index (χ0) is 23.8. The number of halogens is 1. The van der Waals surface area contributed by atoms with E-state index in [9.17, 15) is 18.3 Å². The molecule has 4 rings (SSSR count). The largest absolute Gasteiger partial charge is 0.502 e. The first-order valence-corrected chi connectivity index (χ1v) is 12.0. The molecule has 0 fully saturated rings. The fourth-order valence-electron chi connectivity index (χ4n) is 3.90. The van der Waals surface area contributed by atoms with Crippen LogP contribution in [0.15, 0.2) is 88.4 Å². The first-order valence-electron chi connectivity index (χ1n) is 10.2. The van der Waals surface area contributed by atoms with Gasteiger partial charge in [0.25, 0.3) is 5.91 Å². The highest BCUT2D eigenvalue weighted by atomic mass is 35.5. The zero-order valence-corrected chi connectivity index (χ0v) is 19.6. The molecule has 6 nitrogen and oxygen atoms in total. The summed E-state index contributed by atoms with van der Waals surface area (Å²) in [7, 11) is -2.66. The molecular weight excluding hydrogens is 462 g/mol. The van der Waals surface area contributed by atoms with Gasteiger partial charge in [-0.25, -0.2) is 8.42 Å². The van der Waals surface area contributed by atoms with Crippen LogP contribution in [-0.2, 0) is 21.2 Å². The predicted octanol–water partition coefficient (Wildman–Crippen LogP) is 4.98. The van der Waals surface area contributed by atoms with Crippen LogP contribution in [0.1, 0.15) is 22.7 Å². The van der Waals surface area contributed by atoms with E-state index in [4.69, 9.17) is 16.3 Å². The standard InChI is InChI=1S/C25H22ClNO5S/c1-16-7-13-20(14-8-16)33(30,31)24-22(17-9-11-19(26)12-10-17)27(25(29)23(24)28)15-18-5-3-4-6-21(18)32-2/h3-14,22,28H,15H2,1-2H3/t22-/m0/s1. The van der Waals surface area contributed by atoms with Gasteiger partial charge < -0.3 is 14.7 Å². The van der Waals surface area contributed by atoms with Crippen molar-refractivity contribution in [2.24, 2.45) is 0 Å². The van der Waals surface area contributed by atoms with Gasteiger partial charge in [0, 0.05) is 10.6 Å². The lowest BCUT2D eigenvalue weighted by molar-refractivity contribution is -0.130. The Hall–Kier alpha value is -3.29. The number of rotatable bonds is 6. The third-order valence-corrected chi connectivity index (χ3v) is 7.74. The lowest BCUT2D eigenvalue weighted by Crippen LogP contribution is -2.30. The summed E-state index contributed by atoms with van der Waals surface area (Å²) in [6, 6.07) is 18.9. The molecule has 1 aliphatic rings. The Morgan fingerprint density at radius 1 is 1.00 bits per heavy atom. The van der Waals surface area contributed by atoms with E-state index in [1.807, 2.05) is 6.92 Å². The smallest absolute Gasteiger partial charge is 0.290 e. The van der Waals surface area contributed by atoms with Gasteiger partial charge >= 0.3 is 0 Å². The Kier molecular flexibility index (Phi) is 6.19. The quantitative estimate of drug-likeness (QED) is 0.534. The summed E-state index contributed by atoms with van der Waals surface area (Å²) in [6.45, 7) is 1.88. The van der Waals surface area contributed by atoms with E-state index in [-0.39, 0.29) is 16.3 Å². The van der Waals surface area contributed by atoms with Crippen LogP contribution in [0.5, 0.6) is 5.75 Å². The van der Waals surface area contributed by atoms with Crippen molar-refractivity contribution in [3.05, 3.63) is 105 Å². The minimum atomic E-state index is -4.18. The summed E-state index contributed by atoms with van der Waals surface area (Å²) in [6.07, 6.45) is 0. The van der Waals surface area contributed by atoms with E-state index in [1.54, 1.807) is 60.7 Å². The fraction of sp³-hybridized carbons (Fsp3) is 0.160. The second-order valence-electron chi connectivity index (χ2n) is 7.73. The number of aliphatic hydroxyl groups is 1. The average molecular weight is 484 g/mol. The van der Waals surface area contributed by atoms with Gasteiger partial charge in [0.05, 0.1) is 24.6 Å². The first-order chi connectivity index (χ1) is 15.7. The molecule has 0 aliphatic carbocycles. The monoisotopic (exact) mass is 483 g/mol. The Labute approximate surface area is 197 Å². The fourth-order valence-corrected chi connectivity index (χ4v) is 5.68. The zero-order valence-electron chi connectivity index (χ0n) is 18.0. The highest BCUT2D eigenvalue weighted by molar-refractivity contribution is 7.95. The average Bonchev–Trinajstić information content (AvgIpc) is 3.06. The van der Waals surface area contributed by atoms with Gasteiger partial charge in [-0.15, -0.1) is 0 Å². The molecule has 1 N–H and O–H groups in total. The summed E-state index contributed by atoms with van der Waals surface area (Å²) in [5.74, 6) is -1.01. The molecule has 0 aromatic heterocycles. The Morgan fingerprint density at radius 3 is 2.27 bits per heavy atom. The number of carbonyl (C=O) groups excluding carboxylic acids is 1. The van der Waals surface area contributed by atoms with E-state index in [0.717, 1.165) is 5.56 Å². The van der Waals surface area contributed by atoms with Gasteiger partial charge in [-0.2, -0.15) is 0 Å². The molecule has 33 heavy (non-hydrogen) atoms. The van der Waals surface area contributed by atoms with Gasteiger partial charge in [-0.1, -0.05) is 59.6 Å². The van der Waals surface area contributed by atoms with Crippen molar-refractivity contribution in [3.8, 4) is 5.75 Å². The molecule has 1 heterocycles. The number of benzene rings is 3. The number of nitrogens with zero attached hydrogens (tertiary/aromatic N) is 1. The Balaban J connectivity index is 1.86. The van der Waals surface area contributed by atoms with Gasteiger partial charge in [-0.05, 0) is 42.8 Å². The topological polar surface area (TPSA) is 83.9 Å². The summed E-state index contributed by atoms with van der Waals surface area (Å²) in [4.78, 5) is 14.2. The second-order valence-corrected chi connectivity index (χ2v) is 10.1. The summed E-state index contributed by atoms with van der Waals surface area (Å²) in [5, 5.41) is 11.3. The first kappa shape index (κ1) is 22.9. The molecule has 0 spiro atoms. The van der Waals surface area contributed by atoms with E-state index < -0.39 is 27.5 Å². The minimum Gasteiger partial charge on any atom is -0.502 e. The van der Waals surface area contributed by atoms with E-state index in [2.05, 4.69) is 0 Å². The third kappa shape index (κ3) is 4.21. The summed E-state index contributed by atoms with van der Waals surface area (Å²) >= 11 is 6.04. The van der Waals surface area contributed by atoms with Gasteiger partial charge in [0.15, 0.2) is 5.76 Å². The maximum absolute atomic E-state index is 13.6. The van der Waals surface area contributed by atoms with Gasteiger partial charge in [0.2, 0.25) is 9.84 Å². The van der Waals surface area contributed by atoms with Crippen molar-refractivity contribution in [2.75, 3.05) is 7.11 Å². The van der Waals surface area contributed by atoms with Crippen molar-refractivity contribution in [3.63, 3.8) is 0 Å². The molecule has 0 radical (unpaired) electrons. The summed E-state index contributed by atoms with van der Waals surface area (Å²) in [5.41, 5.74) is 2.08. The van der Waals surface area contributed by atoms with Crippen LogP contribution < -0.4 is 4.74 Å². The summed E-state index contributed by atoms with van der Waals surface area (Å²) < 4.78 is 32.7. The normalized spacial score (nSPS) is 16.4. The molecule has 0 unspecified atom stereocenters. The van der Waals surface area contributed by atoms with Gasteiger partial charge in [0.1, 0.15) is 10.7 Å². The number of hydrogen-bond acceptors (Lipinski definition) is 5. The Bertz CT molecular complexity index is 1330. The van der Waals surface area contributed by atoms with E-state index in [1.165, 1.54) is 24.1 Å². The van der Waals surface area contributed by atoms with Gasteiger partial charge in [-0.3, -0.25) is 4.79 Å². The third-order valence-electron chi connectivity index (χ3n) is 5.60. The number of ether oxygens (including phenoxy) is 1. The van der Waals surface area contributed by atoms with Crippen LogP contribution in [-0.4, -0.2) is 31.4 Å². The number of methoxy groups -OCH3 is 1. The molecule has 1 aliphatic heterocycles. The lowest BCUT2D eigenvalue weighted by atomic mass is 10.1. The van der Waals surface area contributed by atoms with E-state index >= 15 is 0 Å².